The highest BCUT2D eigenvalue weighted by Gasteiger charge is 2.35. The van der Waals surface area contributed by atoms with Crippen LogP contribution in [0.5, 0.6) is 0 Å². The number of nitrogens with zero attached hydrogens (tertiary/aromatic N) is 2. The Kier molecular flexibility index (Phi) is 4.74. The zero-order valence-electron chi connectivity index (χ0n) is 11.6. The summed E-state index contributed by atoms with van der Waals surface area (Å²) in [6, 6.07) is 5.45. The van der Waals surface area contributed by atoms with Crippen LogP contribution in [0.2, 0.25) is 0 Å². The van der Waals surface area contributed by atoms with Crippen LogP contribution < -0.4 is 5.32 Å². The predicted octanol–water partition coefficient (Wildman–Crippen LogP) is -0.390. The second-order valence-electron chi connectivity index (χ2n) is 5.29. The molecule has 0 radical (unpaired) electrons. The zero-order chi connectivity index (χ0) is 14.6. The molecule has 1 saturated heterocycles. The fourth-order valence-corrected chi connectivity index (χ4v) is 3.53. The molecule has 1 aromatic rings. The van der Waals surface area contributed by atoms with Crippen LogP contribution in [0, 0.1) is 0 Å². The molecule has 20 heavy (non-hydrogen) atoms. The number of aryl methyl sites for hydroxylation is 1. The maximum Gasteiger partial charge on any atom is 0.214 e. The lowest BCUT2D eigenvalue weighted by molar-refractivity contribution is 0.0462. The van der Waals surface area contributed by atoms with E-state index in [1.165, 1.54) is 11.4 Å². The van der Waals surface area contributed by atoms with Gasteiger partial charge in [-0.2, -0.15) is 0 Å². The fraction of sp³-hybridized carbons (Fsp3) is 0.615. The molecule has 2 heterocycles. The molecule has 0 saturated carbocycles. The summed E-state index contributed by atoms with van der Waals surface area (Å²) in [5.41, 5.74) is -0.196. The van der Waals surface area contributed by atoms with Crippen LogP contribution in [-0.2, 0) is 16.4 Å². The van der Waals surface area contributed by atoms with Crippen molar-refractivity contribution in [2.45, 2.75) is 18.4 Å². The van der Waals surface area contributed by atoms with Crippen LogP contribution in [0.1, 0.15) is 12.1 Å². The Labute approximate surface area is 119 Å². The van der Waals surface area contributed by atoms with E-state index in [-0.39, 0.29) is 12.3 Å². The second-order valence-corrected chi connectivity index (χ2v) is 7.49. The summed E-state index contributed by atoms with van der Waals surface area (Å²) >= 11 is 0. The van der Waals surface area contributed by atoms with Crippen molar-refractivity contribution in [3.05, 3.63) is 30.1 Å². The summed E-state index contributed by atoms with van der Waals surface area (Å²) in [6.45, 7) is 1.29. The first-order chi connectivity index (χ1) is 9.41. The lowest BCUT2D eigenvalue weighted by Crippen LogP contribution is -2.46. The molecule has 1 atom stereocenters. The van der Waals surface area contributed by atoms with E-state index in [1.807, 2.05) is 12.1 Å². The van der Waals surface area contributed by atoms with E-state index in [0.29, 0.717) is 19.4 Å². The van der Waals surface area contributed by atoms with Gasteiger partial charge in [-0.3, -0.25) is 4.98 Å². The van der Waals surface area contributed by atoms with Crippen LogP contribution >= 0.6 is 0 Å². The van der Waals surface area contributed by atoms with Crippen LogP contribution in [0.25, 0.3) is 0 Å². The van der Waals surface area contributed by atoms with Crippen molar-refractivity contribution in [2.75, 3.05) is 32.4 Å². The Morgan fingerprint density at radius 1 is 1.50 bits per heavy atom. The van der Waals surface area contributed by atoms with Crippen molar-refractivity contribution < 1.29 is 13.5 Å². The molecule has 112 valence electrons. The molecule has 0 aliphatic carbocycles. The highest BCUT2D eigenvalue weighted by atomic mass is 32.2. The average molecular weight is 299 g/mol. The summed E-state index contributed by atoms with van der Waals surface area (Å²) in [7, 11) is -1.86. The maximum absolute atomic E-state index is 12.2. The Hall–Kier alpha value is -1.02. The minimum atomic E-state index is -3.38. The lowest BCUT2D eigenvalue weighted by Gasteiger charge is -2.27. The van der Waals surface area contributed by atoms with Gasteiger partial charge in [0.1, 0.15) is 0 Å². The molecule has 0 amide bonds. The molecule has 2 N–H and O–H groups in total. The first kappa shape index (κ1) is 15.4. The minimum absolute atomic E-state index is 0.00399. The number of nitrogens with one attached hydrogen (secondary N) is 1. The number of β-amino-alcohol motifs (C(OH)–C–C–N with tert-alkyl or cyclic N) is 1. The largest absolute Gasteiger partial charge is 0.387 e. The summed E-state index contributed by atoms with van der Waals surface area (Å²) in [5.74, 6) is 0.00399. The van der Waals surface area contributed by atoms with Gasteiger partial charge in [0.2, 0.25) is 10.0 Å². The van der Waals surface area contributed by atoms with E-state index in [1.54, 1.807) is 12.3 Å². The van der Waals surface area contributed by atoms with Gasteiger partial charge >= 0.3 is 0 Å². The van der Waals surface area contributed by atoms with Gasteiger partial charge in [0.15, 0.2) is 0 Å². The molecule has 1 aliphatic rings. The second kappa shape index (κ2) is 6.17. The molecular formula is C13H21N3O3S. The van der Waals surface area contributed by atoms with E-state index < -0.39 is 15.6 Å². The first-order valence-corrected chi connectivity index (χ1v) is 8.29. The summed E-state index contributed by atoms with van der Waals surface area (Å²) < 4.78 is 25.7. The minimum Gasteiger partial charge on any atom is -0.387 e. The number of likely N-dealkylation sites (N-methyl/N-ethyl adjacent to an activating group) is 1. The van der Waals surface area contributed by atoms with E-state index in [2.05, 4.69) is 10.3 Å². The highest BCUT2D eigenvalue weighted by Crippen LogP contribution is 2.17. The first-order valence-electron chi connectivity index (χ1n) is 6.68. The van der Waals surface area contributed by atoms with Crippen molar-refractivity contribution in [2.24, 2.45) is 0 Å². The fourth-order valence-electron chi connectivity index (χ4n) is 2.31. The summed E-state index contributed by atoms with van der Waals surface area (Å²) in [4.78, 5) is 4.12. The van der Waals surface area contributed by atoms with Gasteiger partial charge in [0.25, 0.3) is 0 Å². The molecule has 0 spiro atoms. The van der Waals surface area contributed by atoms with Gasteiger partial charge in [0.05, 0.1) is 11.4 Å². The molecule has 1 aromatic heterocycles. The average Bonchev–Trinajstić information content (AvgIpc) is 2.84. The van der Waals surface area contributed by atoms with Crippen molar-refractivity contribution >= 4 is 10.0 Å². The number of aromatic nitrogens is 1. The third-order valence-electron chi connectivity index (χ3n) is 3.56. The van der Waals surface area contributed by atoms with Gasteiger partial charge in [-0.15, -0.1) is 0 Å². The topological polar surface area (TPSA) is 82.5 Å². The van der Waals surface area contributed by atoms with Crippen molar-refractivity contribution in [1.29, 1.82) is 0 Å². The quantitative estimate of drug-likeness (QED) is 0.747. The van der Waals surface area contributed by atoms with Crippen LogP contribution in [-0.4, -0.2) is 60.8 Å². The molecule has 1 aliphatic heterocycles. The van der Waals surface area contributed by atoms with Gasteiger partial charge in [0, 0.05) is 38.4 Å². The number of hydrogen-bond acceptors (Lipinski definition) is 5. The molecule has 1 unspecified atom stereocenters. The molecule has 0 aromatic carbocycles. The van der Waals surface area contributed by atoms with E-state index in [0.717, 1.165) is 12.2 Å². The molecule has 7 heteroatoms. The molecule has 6 nitrogen and oxygen atoms in total. The van der Waals surface area contributed by atoms with E-state index >= 15 is 0 Å². The monoisotopic (exact) mass is 299 g/mol. The Morgan fingerprint density at radius 3 is 2.90 bits per heavy atom. The number of hydrogen-bond donors (Lipinski definition) is 2. The number of sulfonamides is 1. The Morgan fingerprint density at radius 2 is 2.30 bits per heavy atom. The third kappa shape index (κ3) is 3.99. The summed E-state index contributed by atoms with van der Waals surface area (Å²) in [5, 5.41) is 13.3. The lowest BCUT2D eigenvalue weighted by atomic mass is 10.0. The third-order valence-corrected chi connectivity index (χ3v) is 5.35. The predicted molar refractivity (Wildman–Crippen MR) is 76.8 cm³/mol. The van der Waals surface area contributed by atoms with Crippen molar-refractivity contribution in [1.82, 2.24) is 14.6 Å². The zero-order valence-corrected chi connectivity index (χ0v) is 12.4. The van der Waals surface area contributed by atoms with Gasteiger partial charge in [-0.1, -0.05) is 6.07 Å². The van der Waals surface area contributed by atoms with Crippen LogP contribution in [0.3, 0.4) is 0 Å². The van der Waals surface area contributed by atoms with E-state index in [9.17, 15) is 13.5 Å². The van der Waals surface area contributed by atoms with Crippen LogP contribution in [0.4, 0.5) is 0 Å². The highest BCUT2D eigenvalue weighted by molar-refractivity contribution is 7.89. The smallest absolute Gasteiger partial charge is 0.214 e. The van der Waals surface area contributed by atoms with Crippen molar-refractivity contribution in [3.63, 3.8) is 0 Å². The van der Waals surface area contributed by atoms with Crippen LogP contribution in [0.15, 0.2) is 24.4 Å². The van der Waals surface area contributed by atoms with Gasteiger partial charge in [-0.05, 0) is 25.1 Å². The van der Waals surface area contributed by atoms with Crippen molar-refractivity contribution in [3.8, 4) is 0 Å². The number of rotatable bonds is 6. The molecule has 1 fully saturated rings. The normalized spacial score (nSPS) is 23.4. The Balaban J connectivity index is 1.92. The number of aliphatic hydroxyl groups is 1. The van der Waals surface area contributed by atoms with Gasteiger partial charge < -0.3 is 10.4 Å². The molecule has 2 rings (SSSR count). The summed E-state index contributed by atoms with van der Waals surface area (Å²) in [6.07, 6.45) is 2.61. The molecule has 0 bridgehead atoms. The Bertz CT molecular complexity index is 527. The maximum atomic E-state index is 12.2. The van der Waals surface area contributed by atoms with E-state index in [4.69, 9.17) is 0 Å². The standard InChI is InChI=1S/C13H21N3O3S/c1-16(11-13(17)6-8-14-10-13)20(18,19)9-5-12-4-2-3-7-15-12/h2-4,7,14,17H,5-6,8-11H2,1H3. The molecular weight excluding hydrogens is 278 g/mol. The SMILES string of the molecule is CN(CC1(O)CCNC1)S(=O)(=O)CCc1ccccn1. The number of pyridine rings is 1. The van der Waals surface area contributed by atoms with Gasteiger partial charge in [-0.25, -0.2) is 12.7 Å².